The lowest BCUT2D eigenvalue weighted by atomic mass is 10.0. The van der Waals surface area contributed by atoms with Gasteiger partial charge in [-0.1, -0.05) is 18.5 Å². The molecular formula is C13H22ClN3O. The summed E-state index contributed by atoms with van der Waals surface area (Å²) in [6.45, 7) is 8.08. The molecule has 102 valence electrons. The average Bonchev–Trinajstić information content (AvgIpc) is 2.95. The number of rotatable bonds is 5. The molecule has 0 aliphatic carbocycles. The SMILES string of the molecule is CCNC(c1c(Cl)cnn1C(C)C)C1CCCO1. The van der Waals surface area contributed by atoms with Gasteiger partial charge in [-0.25, -0.2) is 0 Å². The van der Waals surface area contributed by atoms with Crippen molar-refractivity contribution in [2.24, 2.45) is 0 Å². The minimum Gasteiger partial charge on any atom is -0.376 e. The Balaban J connectivity index is 2.31. The Morgan fingerprint density at radius 1 is 1.61 bits per heavy atom. The Hall–Kier alpha value is -0.580. The van der Waals surface area contributed by atoms with Gasteiger partial charge in [0.15, 0.2) is 0 Å². The number of aromatic nitrogens is 2. The molecule has 1 saturated heterocycles. The Morgan fingerprint density at radius 3 is 2.94 bits per heavy atom. The van der Waals surface area contributed by atoms with E-state index in [1.54, 1.807) is 6.20 Å². The van der Waals surface area contributed by atoms with Gasteiger partial charge >= 0.3 is 0 Å². The van der Waals surface area contributed by atoms with Gasteiger partial charge < -0.3 is 10.1 Å². The summed E-state index contributed by atoms with van der Waals surface area (Å²) in [5, 5.41) is 8.60. The fraction of sp³-hybridized carbons (Fsp3) is 0.769. The summed E-state index contributed by atoms with van der Waals surface area (Å²) < 4.78 is 7.82. The van der Waals surface area contributed by atoms with Crippen molar-refractivity contribution in [2.45, 2.75) is 51.8 Å². The summed E-state index contributed by atoms with van der Waals surface area (Å²) in [4.78, 5) is 0. The van der Waals surface area contributed by atoms with Crippen LogP contribution in [0.2, 0.25) is 5.02 Å². The largest absolute Gasteiger partial charge is 0.376 e. The Labute approximate surface area is 114 Å². The van der Waals surface area contributed by atoms with Crippen molar-refractivity contribution >= 4 is 11.6 Å². The van der Waals surface area contributed by atoms with E-state index in [0.29, 0.717) is 6.04 Å². The quantitative estimate of drug-likeness (QED) is 0.895. The predicted octanol–water partition coefficient (Wildman–Crippen LogP) is 2.95. The first-order valence-electron chi connectivity index (χ1n) is 6.73. The first-order valence-corrected chi connectivity index (χ1v) is 7.10. The van der Waals surface area contributed by atoms with Crippen LogP contribution in [0.3, 0.4) is 0 Å². The highest BCUT2D eigenvalue weighted by atomic mass is 35.5. The maximum Gasteiger partial charge on any atom is 0.0835 e. The van der Waals surface area contributed by atoms with Crippen molar-refractivity contribution in [2.75, 3.05) is 13.2 Å². The van der Waals surface area contributed by atoms with E-state index in [2.05, 4.69) is 31.2 Å². The lowest BCUT2D eigenvalue weighted by Gasteiger charge is -2.26. The van der Waals surface area contributed by atoms with E-state index in [9.17, 15) is 0 Å². The van der Waals surface area contributed by atoms with E-state index in [-0.39, 0.29) is 12.1 Å². The van der Waals surface area contributed by atoms with E-state index in [0.717, 1.165) is 36.7 Å². The fourth-order valence-corrected chi connectivity index (χ4v) is 2.79. The molecule has 1 aromatic rings. The van der Waals surface area contributed by atoms with Crippen LogP contribution in [0.4, 0.5) is 0 Å². The molecule has 2 atom stereocenters. The van der Waals surface area contributed by atoms with Crippen molar-refractivity contribution in [3.05, 3.63) is 16.9 Å². The van der Waals surface area contributed by atoms with E-state index >= 15 is 0 Å². The highest BCUT2D eigenvalue weighted by Gasteiger charge is 2.31. The van der Waals surface area contributed by atoms with Crippen LogP contribution in [0.15, 0.2) is 6.20 Å². The molecule has 1 aromatic heterocycles. The van der Waals surface area contributed by atoms with Gasteiger partial charge in [0.25, 0.3) is 0 Å². The van der Waals surface area contributed by atoms with Crippen LogP contribution in [0.25, 0.3) is 0 Å². The molecule has 4 nitrogen and oxygen atoms in total. The molecule has 2 unspecified atom stereocenters. The second kappa shape index (κ2) is 6.04. The standard InChI is InChI=1S/C13H22ClN3O/c1-4-15-12(11-6-5-7-18-11)13-10(14)8-16-17(13)9(2)3/h8-9,11-12,15H,4-7H2,1-3H3. The summed E-state index contributed by atoms with van der Waals surface area (Å²) in [5.41, 5.74) is 1.06. The van der Waals surface area contributed by atoms with Gasteiger partial charge in [-0.3, -0.25) is 4.68 Å². The molecule has 0 aromatic carbocycles. The van der Waals surface area contributed by atoms with Gasteiger partial charge in [-0.2, -0.15) is 5.10 Å². The van der Waals surface area contributed by atoms with E-state index in [1.807, 2.05) is 4.68 Å². The molecule has 0 saturated carbocycles. The van der Waals surface area contributed by atoms with Gasteiger partial charge in [-0.15, -0.1) is 0 Å². The third-order valence-corrected chi connectivity index (χ3v) is 3.62. The first-order chi connectivity index (χ1) is 8.65. The highest BCUT2D eigenvalue weighted by molar-refractivity contribution is 6.31. The molecule has 0 radical (unpaired) electrons. The molecule has 2 heterocycles. The third kappa shape index (κ3) is 2.71. The van der Waals surface area contributed by atoms with Gasteiger partial charge in [0.05, 0.1) is 29.1 Å². The number of nitrogens with zero attached hydrogens (tertiary/aromatic N) is 2. The van der Waals surface area contributed by atoms with Crippen LogP contribution < -0.4 is 5.32 Å². The maximum atomic E-state index is 6.32. The van der Waals surface area contributed by atoms with Crippen LogP contribution in [-0.2, 0) is 4.74 Å². The molecule has 1 fully saturated rings. The molecule has 0 bridgehead atoms. The summed E-state index contributed by atoms with van der Waals surface area (Å²) >= 11 is 6.32. The summed E-state index contributed by atoms with van der Waals surface area (Å²) in [7, 11) is 0. The van der Waals surface area contributed by atoms with Gasteiger partial charge in [0.1, 0.15) is 0 Å². The van der Waals surface area contributed by atoms with Crippen LogP contribution in [0, 0.1) is 0 Å². The molecule has 1 N–H and O–H groups in total. The number of halogens is 1. The van der Waals surface area contributed by atoms with Crippen LogP contribution in [0.1, 0.15) is 51.4 Å². The molecule has 2 rings (SSSR count). The van der Waals surface area contributed by atoms with Crippen LogP contribution in [-0.4, -0.2) is 29.0 Å². The Kier molecular flexibility index (Phi) is 4.65. The smallest absolute Gasteiger partial charge is 0.0835 e. The van der Waals surface area contributed by atoms with E-state index in [4.69, 9.17) is 16.3 Å². The summed E-state index contributed by atoms with van der Waals surface area (Å²) in [5.74, 6) is 0. The zero-order chi connectivity index (χ0) is 13.1. The number of likely N-dealkylation sites (N-methyl/N-ethyl adjacent to an activating group) is 1. The van der Waals surface area contributed by atoms with Gasteiger partial charge in [0, 0.05) is 12.6 Å². The van der Waals surface area contributed by atoms with Gasteiger partial charge in [-0.05, 0) is 33.2 Å². The summed E-state index contributed by atoms with van der Waals surface area (Å²) in [6.07, 6.45) is 4.14. The normalized spacial score (nSPS) is 21.7. The fourth-order valence-electron chi connectivity index (χ4n) is 2.54. The Bertz CT molecular complexity index is 386. The lowest BCUT2D eigenvalue weighted by Crippen LogP contribution is -2.34. The van der Waals surface area contributed by atoms with Crippen molar-refractivity contribution < 1.29 is 4.74 Å². The number of hydrogen-bond donors (Lipinski definition) is 1. The number of nitrogens with one attached hydrogen (secondary N) is 1. The first kappa shape index (κ1) is 13.8. The van der Waals surface area contributed by atoms with Crippen molar-refractivity contribution in [3.63, 3.8) is 0 Å². The molecule has 5 heteroatoms. The second-order valence-electron chi connectivity index (χ2n) is 5.00. The molecule has 0 amide bonds. The highest BCUT2D eigenvalue weighted by Crippen LogP contribution is 2.32. The maximum absolute atomic E-state index is 6.32. The van der Waals surface area contributed by atoms with E-state index < -0.39 is 0 Å². The molecule has 18 heavy (non-hydrogen) atoms. The number of ether oxygens (including phenoxy) is 1. The zero-order valence-corrected chi connectivity index (χ0v) is 12.1. The Morgan fingerprint density at radius 2 is 2.39 bits per heavy atom. The molecule has 1 aliphatic rings. The van der Waals surface area contributed by atoms with Crippen molar-refractivity contribution in [1.82, 2.24) is 15.1 Å². The summed E-state index contributed by atoms with van der Waals surface area (Å²) in [6, 6.07) is 0.435. The van der Waals surface area contributed by atoms with Crippen molar-refractivity contribution in [3.8, 4) is 0 Å². The number of hydrogen-bond acceptors (Lipinski definition) is 3. The minimum absolute atomic E-state index is 0.134. The van der Waals surface area contributed by atoms with E-state index in [1.165, 1.54) is 0 Å². The molecular weight excluding hydrogens is 250 g/mol. The third-order valence-electron chi connectivity index (χ3n) is 3.33. The average molecular weight is 272 g/mol. The lowest BCUT2D eigenvalue weighted by molar-refractivity contribution is 0.0756. The topological polar surface area (TPSA) is 39.1 Å². The minimum atomic E-state index is 0.134. The van der Waals surface area contributed by atoms with Crippen LogP contribution >= 0.6 is 11.6 Å². The zero-order valence-electron chi connectivity index (χ0n) is 11.3. The predicted molar refractivity (Wildman–Crippen MR) is 73.0 cm³/mol. The van der Waals surface area contributed by atoms with Crippen molar-refractivity contribution in [1.29, 1.82) is 0 Å². The molecule has 0 spiro atoms. The van der Waals surface area contributed by atoms with Crippen LogP contribution in [0.5, 0.6) is 0 Å². The monoisotopic (exact) mass is 271 g/mol. The molecule has 1 aliphatic heterocycles. The van der Waals surface area contributed by atoms with Gasteiger partial charge in [0.2, 0.25) is 0 Å². The second-order valence-corrected chi connectivity index (χ2v) is 5.41.